The molecule has 0 radical (unpaired) electrons. The number of nitrogens with one attached hydrogen (secondary N) is 1. The van der Waals surface area contributed by atoms with Gasteiger partial charge in [0.15, 0.2) is 0 Å². The van der Waals surface area contributed by atoms with Crippen molar-refractivity contribution in [2.24, 2.45) is 0 Å². The summed E-state index contributed by atoms with van der Waals surface area (Å²) in [5.41, 5.74) is 0.391. The number of phenols is 1. The quantitative estimate of drug-likeness (QED) is 0.779. The van der Waals surface area contributed by atoms with Gasteiger partial charge in [-0.3, -0.25) is 0 Å². The third-order valence-corrected chi connectivity index (χ3v) is 4.22. The molecule has 0 saturated heterocycles. The molecule has 0 bridgehead atoms. The second kappa shape index (κ2) is 3.36. The zero-order valence-corrected chi connectivity index (χ0v) is 9.00. The molecule has 1 aliphatic heterocycles. The standard InChI is InChI=1S/C10H11NO3S/c1-11-6-7-5-8-9(12)3-2-4-10(8)15(7,13)14/h2-5,11-12H,6H2,1H3. The molecule has 2 rings (SSSR count). The second-order valence-electron chi connectivity index (χ2n) is 3.33. The molecule has 0 fully saturated rings. The van der Waals surface area contributed by atoms with Crippen LogP contribution in [0.2, 0.25) is 0 Å². The van der Waals surface area contributed by atoms with Crippen LogP contribution in [-0.2, 0) is 9.84 Å². The van der Waals surface area contributed by atoms with Crippen molar-refractivity contribution in [1.82, 2.24) is 5.32 Å². The third kappa shape index (κ3) is 1.44. The van der Waals surface area contributed by atoms with Crippen molar-refractivity contribution in [2.45, 2.75) is 4.90 Å². The van der Waals surface area contributed by atoms with Crippen LogP contribution < -0.4 is 5.32 Å². The number of aromatic hydroxyl groups is 1. The van der Waals surface area contributed by atoms with Crippen LogP contribution in [0, 0.1) is 0 Å². The predicted molar refractivity (Wildman–Crippen MR) is 57.2 cm³/mol. The molecule has 0 amide bonds. The minimum absolute atomic E-state index is 0.00202. The van der Waals surface area contributed by atoms with E-state index in [0.717, 1.165) is 0 Å². The fraction of sp³-hybridized carbons (Fsp3) is 0.200. The highest BCUT2D eigenvalue weighted by Gasteiger charge is 2.30. The number of hydrogen-bond donors (Lipinski definition) is 2. The monoisotopic (exact) mass is 225 g/mol. The maximum atomic E-state index is 11.9. The first-order valence-electron chi connectivity index (χ1n) is 4.49. The Labute approximate surface area is 88.2 Å². The van der Waals surface area contributed by atoms with Crippen molar-refractivity contribution < 1.29 is 13.5 Å². The molecule has 0 spiro atoms. The summed E-state index contributed by atoms with van der Waals surface area (Å²) in [7, 11) is -1.71. The highest BCUT2D eigenvalue weighted by Crippen LogP contribution is 2.37. The van der Waals surface area contributed by atoms with Gasteiger partial charge in [-0.25, -0.2) is 8.42 Å². The lowest BCUT2D eigenvalue weighted by molar-refractivity contribution is 0.472. The Bertz CT molecular complexity index is 532. The molecule has 0 aliphatic carbocycles. The van der Waals surface area contributed by atoms with Crippen LogP contribution in [0.3, 0.4) is 0 Å². The van der Waals surface area contributed by atoms with E-state index in [4.69, 9.17) is 0 Å². The molecule has 15 heavy (non-hydrogen) atoms. The summed E-state index contributed by atoms with van der Waals surface area (Å²) in [4.78, 5) is 0.481. The van der Waals surface area contributed by atoms with E-state index in [-0.39, 0.29) is 17.2 Å². The lowest BCUT2D eigenvalue weighted by Gasteiger charge is -2.02. The van der Waals surface area contributed by atoms with Gasteiger partial charge in [-0.05, 0) is 25.3 Å². The normalized spacial score (nSPS) is 17.3. The first-order chi connectivity index (χ1) is 7.07. The predicted octanol–water partition coefficient (Wildman–Crippen LogP) is 0.740. The summed E-state index contributed by atoms with van der Waals surface area (Å²) in [6.45, 7) is 0.274. The maximum Gasteiger partial charge on any atom is 0.204 e. The van der Waals surface area contributed by atoms with Gasteiger partial charge < -0.3 is 10.4 Å². The van der Waals surface area contributed by atoms with E-state index < -0.39 is 9.84 Å². The lowest BCUT2D eigenvalue weighted by atomic mass is 10.2. The van der Waals surface area contributed by atoms with Crippen LogP contribution in [0.1, 0.15) is 5.56 Å². The van der Waals surface area contributed by atoms with E-state index in [2.05, 4.69) is 5.32 Å². The number of hydrogen-bond acceptors (Lipinski definition) is 4. The van der Waals surface area contributed by atoms with Crippen LogP contribution in [0.4, 0.5) is 0 Å². The van der Waals surface area contributed by atoms with Crippen LogP contribution in [-0.4, -0.2) is 27.1 Å². The van der Waals surface area contributed by atoms with Gasteiger partial charge in [0.2, 0.25) is 9.84 Å². The first-order valence-corrected chi connectivity index (χ1v) is 5.98. The molecule has 1 aromatic carbocycles. The molecule has 4 nitrogen and oxygen atoms in total. The molecule has 1 heterocycles. The largest absolute Gasteiger partial charge is 0.507 e. The number of likely N-dealkylation sites (N-methyl/N-ethyl adjacent to an activating group) is 1. The van der Waals surface area contributed by atoms with E-state index in [1.54, 1.807) is 7.05 Å². The van der Waals surface area contributed by atoms with Crippen molar-refractivity contribution in [3.8, 4) is 5.75 Å². The highest BCUT2D eigenvalue weighted by atomic mass is 32.2. The molecular weight excluding hydrogens is 214 g/mol. The van der Waals surface area contributed by atoms with Gasteiger partial charge in [-0.2, -0.15) is 0 Å². The van der Waals surface area contributed by atoms with E-state index in [1.807, 2.05) is 0 Å². The van der Waals surface area contributed by atoms with Crippen LogP contribution >= 0.6 is 0 Å². The number of benzene rings is 1. The Kier molecular flexibility index (Phi) is 2.28. The maximum absolute atomic E-state index is 11.9. The van der Waals surface area contributed by atoms with Gasteiger partial charge >= 0.3 is 0 Å². The zero-order valence-electron chi connectivity index (χ0n) is 8.19. The summed E-state index contributed by atoms with van der Waals surface area (Å²) < 4.78 is 23.8. The third-order valence-electron chi connectivity index (χ3n) is 2.33. The average molecular weight is 225 g/mol. The summed E-state index contributed by atoms with van der Waals surface area (Å²) in [6, 6.07) is 4.51. The van der Waals surface area contributed by atoms with Crippen LogP contribution in [0.25, 0.3) is 6.08 Å². The SMILES string of the molecule is CNCC1=Cc2c(O)cccc2S1(=O)=O. The van der Waals surface area contributed by atoms with Gasteiger partial charge in [-0.15, -0.1) is 0 Å². The molecule has 5 heteroatoms. The smallest absolute Gasteiger partial charge is 0.204 e. The van der Waals surface area contributed by atoms with Crippen molar-refractivity contribution in [2.75, 3.05) is 13.6 Å². The zero-order chi connectivity index (χ0) is 11.1. The lowest BCUT2D eigenvalue weighted by Crippen LogP contribution is -2.14. The molecule has 1 aromatic rings. The fourth-order valence-corrected chi connectivity index (χ4v) is 3.21. The van der Waals surface area contributed by atoms with E-state index in [9.17, 15) is 13.5 Å². The van der Waals surface area contributed by atoms with Crippen LogP contribution in [0.15, 0.2) is 28.0 Å². The van der Waals surface area contributed by atoms with Crippen molar-refractivity contribution >= 4 is 15.9 Å². The molecule has 0 aromatic heterocycles. The average Bonchev–Trinajstić information content (AvgIpc) is 2.43. The molecule has 0 atom stereocenters. The highest BCUT2D eigenvalue weighted by molar-refractivity contribution is 7.95. The van der Waals surface area contributed by atoms with Gasteiger partial charge in [0.1, 0.15) is 5.75 Å². The topological polar surface area (TPSA) is 66.4 Å². The Morgan fingerprint density at radius 1 is 1.40 bits per heavy atom. The molecule has 2 N–H and O–H groups in total. The van der Waals surface area contributed by atoms with Crippen molar-refractivity contribution in [3.05, 3.63) is 28.7 Å². The van der Waals surface area contributed by atoms with Crippen molar-refractivity contribution in [1.29, 1.82) is 0 Å². The van der Waals surface area contributed by atoms with E-state index >= 15 is 0 Å². The summed E-state index contributed by atoms with van der Waals surface area (Å²) in [5, 5.41) is 12.3. The minimum atomic E-state index is -3.39. The molecule has 1 aliphatic rings. The van der Waals surface area contributed by atoms with Gasteiger partial charge in [0.05, 0.1) is 9.80 Å². The summed E-state index contributed by atoms with van der Waals surface area (Å²) in [5.74, 6) is 0.00202. The number of fused-ring (bicyclic) bond motifs is 1. The fourth-order valence-electron chi connectivity index (χ4n) is 1.61. The summed E-state index contributed by atoms with van der Waals surface area (Å²) in [6.07, 6.45) is 1.51. The van der Waals surface area contributed by atoms with E-state index in [1.165, 1.54) is 24.3 Å². The van der Waals surface area contributed by atoms with Gasteiger partial charge in [-0.1, -0.05) is 6.07 Å². The number of phenolic OH excluding ortho intramolecular Hbond substituents is 1. The Balaban J connectivity index is 2.64. The van der Waals surface area contributed by atoms with E-state index in [0.29, 0.717) is 10.5 Å². The Hall–Kier alpha value is -1.33. The van der Waals surface area contributed by atoms with Gasteiger partial charge in [0, 0.05) is 12.1 Å². The number of sulfone groups is 1. The second-order valence-corrected chi connectivity index (χ2v) is 5.30. The van der Waals surface area contributed by atoms with Crippen molar-refractivity contribution in [3.63, 3.8) is 0 Å². The molecule has 80 valence electrons. The molecular formula is C10H11NO3S. The first kappa shape index (κ1) is 10.2. The Morgan fingerprint density at radius 3 is 2.73 bits per heavy atom. The minimum Gasteiger partial charge on any atom is -0.507 e. The number of rotatable bonds is 2. The summed E-state index contributed by atoms with van der Waals surface area (Å²) >= 11 is 0. The Morgan fingerprint density at radius 2 is 2.13 bits per heavy atom. The van der Waals surface area contributed by atoms with Crippen LogP contribution in [0.5, 0.6) is 5.75 Å². The van der Waals surface area contributed by atoms with Gasteiger partial charge in [0.25, 0.3) is 0 Å². The molecule has 0 unspecified atom stereocenters. The molecule has 0 saturated carbocycles.